The number of primary amides is 1. The van der Waals surface area contributed by atoms with E-state index in [0.717, 1.165) is 5.56 Å². The molecule has 0 spiro atoms. The van der Waals surface area contributed by atoms with Crippen LogP contribution in [0.25, 0.3) is 0 Å². The van der Waals surface area contributed by atoms with Crippen molar-refractivity contribution in [3.8, 4) is 0 Å². The van der Waals surface area contributed by atoms with E-state index in [2.05, 4.69) is 32.9 Å². The number of nitrogens with two attached hydrogens (primary N) is 1. The lowest BCUT2D eigenvalue weighted by molar-refractivity contribution is -0.122. The lowest BCUT2D eigenvalue weighted by Gasteiger charge is -2.23. The topological polar surface area (TPSA) is 46.3 Å². The molecule has 17 heavy (non-hydrogen) atoms. The second-order valence-corrected chi connectivity index (χ2v) is 5.64. The average Bonchev–Trinajstić information content (AvgIpc) is 2.15. The number of carbonyl (C=O) groups excluding carboxylic acids is 1. The summed E-state index contributed by atoms with van der Waals surface area (Å²) in [6, 6.07) is 7.74. The van der Waals surface area contributed by atoms with Crippen LogP contribution in [0.15, 0.2) is 24.3 Å². The smallest absolute Gasteiger partial charge is 0.239 e. The number of benzene rings is 1. The van der Waals surface area contributed by atoms with Gasteiger partial charge >= 0.3 is 0 Å². The third-order valence-electron chi connectivity index (χ3n) is 2.88. The molecule has 0 heterocycles. The molecular formula is C14H22N2O. The molecule has 1 amide bonds. The minimum atomic E-state index is -0.357. The van der Waals surface area contributed by atoms with Crippen molar-refractivity contribution in [1.29, 1.82) is 0 Å². The summed E-state index contributed by atoms with van der Waals surface area (Å²) >= 11 is 0. The molecule has 1 rings (SSSR count). The van der Waals surface area contributed by atoms with Crippen LogP contribution < -0.4 is 5.73 Å². The van der Waals surface area contributed by atoms with Gasteiger partial charge in [-0.2, -0.15) is 0 Å². The Morgan fingerprint density at radius 1 is 1.18 bits per heavy atom. The monoisotopic (exact) mass is 234 g/mol. The highest BCUT2D eigenvalue weighted by molar-refractivity contribution is 5.81. The molecule has 1 aromatic carbocycles. The summed E-state index contributed by atoms with van der Waals surface area (Å²) in [6.07, 6.45) is 0. The van der Waals surface area contributed by atoms with Crippen LogP contribution in [0.4, 0.5) is 0 Å². The van der Waals surface area contributed by atoms with Crippen LogP contribution in [0, 0.1) is 0 Å². The molecule has 0 aliphatic heterocycles. The van der Waals surface area contributed by atoms with Gasteiger partial charge in [0.2, 0.25) is 5.91 Å². The summed E-state index contributed by atoms with van der Waals surface area (Å²) in [5.41, 5.74) is 7.73. The predicted molar refractivity (Wildman–Crippen MR) is 70.8 cm³/mol. The van der Waals surface area contributed by atoms with Crippen LogP contribution in [-0.4, -0.2) is 24.9 Å². The summed E-state index contributed by atoms with van der Waals surface area (Å²) in [4.78, 5) is 13.2. The van der Waals surface area contributed by atoms with Crippen molar-refractivity contribution in [2.75, 3.05) is 14.1 Å². The molecule has 2 N–H and O–H groups in total. The highest BCUT2D eigenvalue weighted by Crippen LogP contribution is 2.25. The maximum absolute atomic E-state index is 11.4. The van der Waals surface area contributed by atoms with Gasteiger partial charge < -0.3 is 5.73 Å². The van der Waals surface area contributed by atoms with E-state index in [1.54, 1.807) is 0 Å². The van der Waals surface area contributed by atoms with Crippen molar-refractivity contribution >= 4 is 5.91 Å². The van der Waals surface area contributed by atoms with E-state index in [9.17, 15) is 4.79 Å². The Morgan fingerprint density at radius 3 is 1.94 bits per heavy atom. The van der Waals surface area contributed by atoms with Gasteiger partial charge in [0.15, 0.2) is 0 Å². The summed E-state index contributed by atoms with van der Waals surface area (Å²) < 4.78 is 0. The molecule has 0 bridgehead atoms. The number of hydrogen-bond acceptors (Lipinski definition) is 2. The number of rotatable bonds is 3. The van der Waals surface area contributed by atoms with Crippen LogP contribution in [0.2, 0.25) is 0 Å². The van der Waals surface area contributed by atoms with E-state index in [0.29, 0.717) is 0 Å². The van der Waals surface area contributed by atoms with E-state index < -0.39 is 0 Å². The van der Waals surface area contributed by atoms with Crippen LogP contribution >= 0.6 is 0 Å². The number of hydrogen-bond donors (Lipinski definition) is 1. The highest BCUT2D eigenvalue weighted by atomic mass is 16.1. The molecule has 1 aromatic rings. The van der Waals surface area contributed by atoms with Crippen LogP contribution in [0.1, 0.15) is 37.9 Å². The van der Waals surface area contributed by atoms with Gasteiger partial charge in [0, 0.05) is 0 Å². The molecule has 1 unspecified atom stereocenters. The summed E-state index contributed by atoms with van der Waals surface area (Å²) in [5, 5.41) is 0. The first-order valence-electron chi connectivity index (χ1n) is 5.79. The molecule has 1 atom stereocenters. The second kappa shape index (κ2) is 4.88. The summed E-state index contributed by atoms with van der Waals surface area (Å²) in [5.74, 6) is -0.321. The van der Waals surface area contributed by atoms with Crippen molar-refractivity contribution in [3.63, 3.8) is 0 Å². The van der Waals surface area contributed by atoms with Gasteiger partial charge in [0.1, 0.15) is 6.04 Å². The van der Waals surface area contributed by atoms with E-state index in [-0.39, 0.29) is 17.4 Å². The lowest BCUT2D eigenvalue weighted by atomic mass is 9.86. The fourth-order valence-corrected chi connectivity index (χ4v) is 1.88. The molecule has 0 radical (unpaired) electrons. The Morgan fingerprint density at radius 2 is 1.65 bits per heavy atom. The Kier molecular flexibility index (Phi) is 3.94. The Labute approximate surface area is 104 Å². The first kappa shape index (κ1) is 13.7. The van der Waals surface area contributed by atoms with Crippen molar-refractivity contribution in [2.24, 2.45) is 5.73 Å². The van der Waals surface area contributed by atoms with Crippen molar-refractivity contribution in [2.45, 2.75) is 32.2 Å². The number of amides is 1. The SMILES string of the molecule is CN(C)C(C(N)=O)c1ccc(C(C)(C)C)cc1. The van der Waals surface area contributed by atoms with E-state index >= 15 is 0 Å². The Bertz CT molecular complexity index is 388. The van der Waals surface area contributed by atoms with Crippen LogP contribution in [0.5, 0.6) is 0 Å². The molecule has 0 aliphatic carbocycles. The Balaban J connectivity index is 3.05. The van der Waals surface area contributed by atoms with Gasteiger partial charge in [0.05, 0.1) is 0 Å². The fraction of sp³-hybridized carbons (Fsp3) is 0.500. The quantitative estimate of drug-likeness (QED) is 0.870. The van der Waals surface area contributed by atoms with Gasteiger partial charge in [-0.25, -0.2) is 0 Å². The first-order valence-corrected chi connectivity index (χ1v) is 5.79. The highest BCUT2D eigenvalue weighted by Gasteiger charge is 2.21. The zero-order chi connectivity index (χ0) is 13.2. The number of nitrogens with zero attached hydrogens (tertiary/aromatic N) is 1. The number of likely N-dealkylation sites (N-methyl/N-ethyl adjacent to an activating group) is 1. The maximum atomic E-state index is 11.4. The third-order valence-corrected chi connectivity index (χ3v) is 2.88. The average molecular weight is 234 g/mol. The van der Waals surface area contributed by atoms with Gasteiger partial charge in [-0.3, -0.25) is 9.69 Å². The second-order valence-electron chi connectivity index (χ2n) is 5.64. The molecular weight excluding hydrogens is 212 g/mol. The van der Waals surface area contributed by atoms with Crippen molar-refractivity contribution in [1.82, 2.24) is 4.90 Å². The molecule has 94 valence electrons. The molecule has 0 aliphatic rings. The van der Waals surface area contributed by atoms with Crippen molar-refractivity contribution in [3.05, 3.63) is 35.4 Å². The minimum absolute atomic E-state index is 0.124. The van der Waals surface area contributed by atoms with Crippen LogP contribution in [-0.2, 0) is 10.2 Å². The van der Waals surface area contributed by atoms with Gasteiger partial charge in [-0.1, -0.05) is 45.0 Å². The largest absolute Gasteiger partial charge is 0.368 e. The minimum Gasteiger partial charge on any atom is -0.368 e. The van der Waals surface area contributed by atoms with Crippen LogP contribution in [0.3, 0.4) is 0 Å². The molecule has 3 nitrogen and oxygen atoms in total. The normalized spacial score (nSPS) is 13.8. The molecule has 0 saturated heterocycles. The van der Waals surface area contributed by atoms with E-state index in [1.807, 2.05) is 31.1 Å². The third kappa shape index (κ3) is 3.30. The van der Waals surface area contributed by atoms with Gasteiger partial charge in [0.25, 0.3) is 0 Å². The first-order chi connectivity index (χ1) is 7.73. The molecule has 0 aromatic heterocycles. The Hall–Kier alpha value is -1.35. The molecule has 0 fully saturated rings. The van der Waals surface area contributed by atoms with Gasteiger partial charge in [-0.15, -0.1) is 0 Å². The van der Waals surface area contributed by atoms with Crippen molar-refractivity contribution < 1.29 is 4.79 Å². The summed E-state index contributed by atoms with van der Waals surface area (Å²) in [6.45, 7) is 6.50. The van der Waals surface area contributed by atoms with E-state index in [4.69, 9.17) is 5.73 Å². The lowest BCUT2D eigenvalue weighted by Crippen LogP contribution is -2.32. The number of carbonyl (C=O) groups is 1. The fourth-order valence-electron chi connectivity index (χ4n) is 1.88. The van der Waals surface area contributed by atoms with Gasteiger partial charge in [-0.05, 0) is 30.6 Å². The predicted octanol–water partition coefficient (Wildman–Crippen LogP) is 2.07. The zero-order valence-electron chi connectivity index (χ0n) is 11.3. The summed E-state index contributed by atoms with van der Waals surface area (Å²) in [7, 11) is 3.71. The molecule has 3 heteroatoms. The standard InChI is InChI=1S/C14H22N2O/c1-14(2,3)11-8-6-10(7-9-11)12(13(15)17)16(4)5/h6-9,12H,1-5H3,(H2,15,17). The maximum Gasteiger partial charge on any atom is 0.239 e. The molecule has 0 saturated carbocycles. The zero-order valence-corrected chi connectivity index (χ0v) is 11.3. The van der Waals surface area contributed by atoms with E-state index in [1.165, 1.54) is 5.56 Å².